The molecule has 124 valence electrons. The molecular weight excluding hydrogens is 314 g/mol. The van der Waals surface area contributed by atoms with E-state index in [2.05, 4.69) is 0 Å². The topological polar surface area (TPSA) is 139 Å². The van der Waals surface area contributed by atoms with E-state index in [1.807, 2.05) is 6.92 Å². The summed E-state index contributed by atoms with van der Waals surface area (Å²) in [7, 11) is -4.03. The molecule has 5 atom stereocenters. The fourth-order valence-electron chi connectivity index (χ4n) is 2.03. The number of hydrogen-bond donors (Lipinski definition) is 4. The number of hydrogen-bond acceptors (Lipinski definition) is 8. The van der Waals surface area contributed by atoms with E-state index in [1.54, 1.807) is 12.1 Å². The van der Waals surface area contributed by atoms with Crippen molar-refractivity contribution in [3.05, 3.63) is 29.8 Å². The standard InChI is InChI=1S/C13H19NO7S/c1-7-2-4-8(5-3-7)22(18,19)20-6-9-11(15)12(16)10(14)13(17)21-9/h2-5,9-13,15-17H,6,14H2,1H3/t9-,10+,11-,12-,13-/m1/s1. The first kappa shape index (κ1) is 17.3. The third-order valence-corrected chi connectivity index (χ3v) is 4.76. The Morgan fingerprint density at radius 2 is 1.77 bits per heavy atom. The molecule has 0 aliphatic carbocycles. The monoisotopic (exact) mass is 333 g/mol. The Kier molecular flexibility index (Phi) is 5.17. The highest BCUT2D eigenvalue weighted by atomic mass is 32.2. The van der Waals surface area contributed by atoms with Gasteiger partial charge in [-0.1, -0.05) is 17.7 Å². The zero-order chi connectivity index (χ0) is 16.5. The molecule has 0 aromatic heterocycles. The molecule has 0 bridgehead atoms. The minimum absolute atomic E-state index is 0.0406. The van der Waals surface area contributed by atoms with Gasteiger partial charge in [-0.3, -0.25) is 4.18 Å². The molecule has 1 aliphatic rings. The summed E-state index contributed by atoms with van der Waals surface area (Å²) in [6.07, 6.45) is -5.65. The molecule has 2 rings (SSSR count). The Hall–Kier alpha value is -1.07. The molecule has 1 heterocycles. The molecule has 0 spiro atoms. The van der Waals surface area contributed by atoms with Crippen molar-refractivity contribution in [2.75, 3.05) is 6.61 Å². The summed E-state index contributed by atoms with van der Waals surface area (Å²) in [5.74, 6) is 0. The summed E-state index contributed by atoms with van der Waals surface area (Å²) < 4.78 is 33.8. The van der Waals surface area contributed by atoms with Crippen LogP contribution in [0.25, 0.3) is 0 Å². The van der Waals surface area contributed by atoms with Crippen molar-refractivity contribution in [3.8, 4) is 0 Å². The van der Waals surface area contributed by atoms with E-state index in [0.29, 0.717) is 0 Å². The number of aliphatic hydroxyl groups excluding tert-OH is 3. The molecular formula is C13H19NO7S. The van der Waals surface area contributed by atoms with Crippen LogP contribution in [0.3, 0.4) is 0 Å². The van der Waals surface area contributed by atoms with Gasteiger partial charge in [0.1, 0.15) is 18.3 Å². The van der Waals surface area contributed by atoms with Crippen LogP contribution in [0.4, 0.5) is 0 Å². The average molecular weight is 333 g/mol. The number of nitrogens with two attached hydrogens (primary N) is 1. The second-order valence-corrected chi connectivity index (χ2v) is 6.79. The lowest BCUT2D eigenvalue weighted by atomic mass is 9.98. The van der Waals surface area contributed by atoms with Crippen molar-refractivity contribution < 1.29 is 32.7 Å². The predicted octanol–water partition coefficient (Wildman–Crippen LogP) is -1.53. The second kappa shape index (κ2) is 6.59. The number of ether oxygens (including phenoxy) is 1. The molecule has 1 aliphatic heterocycles. The molecule has 0 amide bonds. The van der Waals surface area contributed by atoms with Gasteiger partial charge in [0.15, 0.2) is 6.29 Å². The van der Waals surface area contributed by atoms with Crippen LogP contribution in [0.15, 0.2) is 29.2 Å². The van der Waals surface area contributed by atoms with E-state index in [1.165, 1.54) is 12.1 Å². The maximum absolute atomic E-state index is 12.0. The number of benzene rings is 1. The van der Waals surface area contributed by atoms with Crippen LogP contribution in [-0.4, -0.2) is 61.0 Å². The van der Waals surface area contributed by atoms with Gasteiger partial charge in [-0.2, -0.15) is 8.42 Å². The Labute approximate surface area is 128 Å². The Morgan fingerprint density at radius 3 is 2.36 bits per heavy atom. The van der Waals surface area contributed by atoms with Gasteiger partial charge >= 0.3 is 0 Å². The molecule has 9 heteroatoms. The largest absolute Gasteiger partial charge is 0.388 e. The third-order valence-electron chi connectivity index (χ3n) is 3.47. The summed E-state index contributed by atoms with van der Waals surface area (Å²) in [6, 6.07) is 4.84. The number of rotatable bonds is 4. The van der Waals surface area contributed by atoms with Crippen LogP contribution >= 0.6 is 0 Å². The molecule has 5 N–H and O–H groups in total. The molecule has 1 saturated heterocycles. The van der Waals surface area contributed by atoms with Crippen molar-refractivity contribution in [1.82, 2.24) is 0 Å². The lowest BCUT2D eigenvalue weighted by molar-refractivity contribution is -0.246. The highest BCUT2D eigenvalue weighted by Crippen LogP contribution is 2.21. The van der Waals surface area contributed by atoms with Gasteiger partial charge in [-0.05, 0) is 19.1 Å². The Balaban J connectivity index is 2.04. The maximum Gasteiger partial charge on any atom is 0.297 e. The lowest BCUT2D eigenvalue weighted by Crippen LogP contribution is -2.62. The van der Waals surface area contributed by atoms with Crippen LogP contribution < -0.4 is 5.73 Å². The van der Waals surface area contributed by atoms with Gasteiger partial charge in [0, 0.05) is 0 Å². The van der Waals surface area contributed by atoms with Crippen LogP contribution in [0.1, 0.15) is 5.56 Å². The van der Waals surface area contributed by atoms with E-state index in [4.69, 9.17) is 14.7 Å². The second-order valence-electron chi connectivity index (χ2n) is 5.18. The zero-order valence-electron chi connectivity index (χ0n) is 11.9. The van der Waals surface area contributed by atoms with Gasteiger partial charge in [0.2, 0.25) is 0 Å². The minimum atomic E-state index is -4.03. The van der Waals surface area contributed by atoms with E-state index in [-0.39, 0.29) is 4.90 Å². The van der Waals surface area contributed by atoms with Gasteiger partial charge < -0.3 is 25.8 Å². The van der Waals surface area contributed by atoms with E-state index in [0.717, 1.165) is 5.56 Å². The molecule has 22 heavy (non-hydrogen) atoms. The quantitative estimate of drug-likeness (QED) is 0.487. The zero-order valence-corrected chi connectivity index (χ0v) is 12.7. The van der Waals surface area contributed by atoms with Crippen molar-refractivity contribution in [1.29, 1.82) is 0 Å². The van der Waals surface area contributed by atoms with Gasteiger partial charge in [0.25, 0.3) is 10.1 Å². The van der Waals surface area contributed by atoms with Crippen LogP contribution in [0.2, 0.25) is 0 Å². The Bertz CT molecular complexity index is 603. The van der Waals surface area contributed by atoms with Crippen molar-refractivity contribution in [2.45, 2.75) is 42.5 Å². The van der Waals surface area contributed by atoms with Crippen molar-refractivity contribution in [3.63, 3.8) is 0 Å². The highest BCUT2D eigenvalue weighted by molar-refractivity contribution is 7.86. The normalized spacial score (nSPS) is 32.9. The van der Waals surface area contributed by atoms with Gasteiger partial charge in [-0.15, -0.1) is 0 Å². The van der Waals surface area contributed by atoms with E-state index < -0.39 is 47.4 Å². The highest BCUT2D eigenvalue weighted by Gasteiger charge is 2.42. The first-order chi connectivity index (χ1) is 10.2. The summed E-state index contributed by atoms with van der Waals surface area (Å²) in [4.78, 5) is -0.0406. The maximum atomic E-state index is 12.0. The molecule has 0 radical (unpaired) electrons. The Morgan fingerprint density at radius 1 is 1.18 bits per heavy atom. The number of aryl methyl sites for hydroxylation is 1. The fraction of sp³-hybridized carbons (Fsp3) is 0.538. The number of aliphatic hydroxyl groups is 3. The minimum Gasteiger partial charge on any atom is -0.388 e. The summed E-state index contributed by atoms with van der Waals surface area (Å²) >= 11 is 0. The summed E-state index contributed by atoms with van der Waals surface area (Å²) in [6.45, 7) is 1.26. The van der Waals surface area contributed by atoms with Crippen molar-refractivity contribution >= 4 is 10.1 Å². The van der Waals surface area contributed by atoms with Crippen LogP contribution in [0, 0.1) is 6.92 Å². The molecule has 1 aromatic rings. The first-order valence-electron chi connectivity index (χ1n) is 6.64. The van der Waals surface area contributed by atoms with Crippen LogP contribution in [0.5, 0.6) is 0 Å². The lowest BCUT2D eigenvalue weighted by Gasteiger charge is -2.38. The van der Waals surface area contributed by atoms with Gasteiger partial charge in [-0.25, -0.2) is 0 Å². The van der Waals surface area contributed by atoms with Gasteiger partial charge in [0.05, 0.1) is 17.5 Å². The van der Waals surface area contributed by atoms with E-state index >= 15 is 0 Å². The fourth-order valence-corrected chi connectivity index (χ4v) is 2.95. The molecule has 0 unspecified atom stereocenters. The first-order valence-corrected chi connectivity index (χ1v) is 8.04. The smallest absolute Gasteiger partial charge is 0.297 e. The summed E-state index contributed by atoms with van der Waals surface area (Å²) in [5, 5.41) is 28.9. The molecule has 1 fully saturated rings. The SMILES string of the molecule is Cc1ccc(S(=O)(=O)OC[C@H]2O[C@@H](O)[C@@H](N)[C@@H](O)[C@@H]2O)cc1. The molecule has 0 saturated carbocycles. The van der Waals surface area contributed by atoms with Crippen LogP contribution in [-0.2, 0) is 19.0 Å². The van der Waals surface area contributed by atoms with Crippen molar-refractivity contribution in [2.24, 2.45) is 5.73 Å². The van der Waals surface area contributed by atoms with E-state index in [9.17, 15) is 23.7 Å². The summed E-state index contributed by atoms with van der Waals surface area (Å²) in [5.41, 5.74) is 6.31. The predicted molar refractivity (Wildman–Crippen MR) is 75.2 cm³/mol. The third kappa shape index (κ3) is 3.63. The molecule has 1 aromatic carbocycles. The molecule has 8 nitrogen and oxygen atoms in total. The average Bonchev–Trinajstić information content (AvgIpc) is 2.48.